The lowest BCUT2D eigenvalue weighted by Crippen LogP contribution is -2.50. The van der Waals surface area contributed by atoms with Gasteiger partial charge < -0.3 is 20.9 Å². The maximum Gasteiger partial charge on any atom is 0.251 e. The van der Waals surface area contributed by atoms with Gasteiger partial charge in [-0.2, -0.15) is 0 Å². The number of hydrogen-bond acceptors (Lipinski definition) is 4. The van der Waals surface area contributed by atoms with Gasteiger partial charge in [-0.05, 0) is 42.8 Å². The van der Waals surface area contributed by atoms with E-state index in [0.29, 0.717) is 35.5 Å². The Morgan fingerprint density at radius 2 is 1.75 bits per heavy atom. The van der Waals surface area contributed by atoms with Crippen molar-refractivity contribution >= 4 is 17.5 Å². The molecule has 7 nitrogen and oxygen atoms in total. The number of amides is 2. The number of imidazole rings is 1. The SMILES string of the molecule is CC.CC.CC.CC(NC(=O)c1cccc(N)c1)C(=O)N1CCc2[nH]cnc2C1c1cccc(F)c1. The fourth-order valence-electron chi connectivity index (χ4n) is 3.80. The van der Waals surface area contributed by atoms with Crippen molar-refractivity contribution in [1.29, 1.82) is 0 Å². The van der Waals surface area contributed by atoms with Crippen LogP contribution in [0, 0.1) is 5.82 Å². The Hall–Kier alpha value is -3.68. The number of carbonyl (C=O) groups is 2. The fraction of sp³-hybridized carbons (Fsp3) is 0.393. The highest BCUT2D eigenvalue weighted by molar-refractivity contribution is 5.98. The van der Waals surface area contributed by atoms with Crippen LogP contribution in [-0.2, 0) is 11.2 Å². The molecule has 0 saturated heterocycles. The Kier molecular flexibility index (Phi) is 12.9. The molecule has 4 N–H and O–H groups in total. The van der Waals surface area contributed by atoms with Gasteiger partial charge in [0.1, 0.15) is 17.9 Å². The van der Waals surface area contributed by atoms with Crippen LogP contribution in [0.5, 0.6) is 0 Å². The van der Waals surface area contributed by atoms with Crippen LogP contribution in [0.4, 0.5) is 10.1 Å². The van der Waals surface area contributed by atoms with Gasteiger partial charge >= 0.3 is 0 Å². The minimum absolute atomic E-state index is 0.268. The molecular formula is C28H40FN5O2. The van der Waals surface area contributed by atoms with Gasteiger partial charge in [-0.3, -0.25) is 9.59 Å². The van der Waals surface area contributed by atoms with Crippen LogP contribution >= 0.6 is 0 Å². The minimum Gasteiger partial charge on any atom is -0.399 e. The molecule has 1 aromatic heterocycles. The zero-order valence-corrected chi connectivity index (χ0v) is 22.4. The first-order chi connectivity index (χ1) is 17.4. The number of H-pyrrole nitrogens is 1. The van der Waals surface area contributed by atoms with E-state index >= 15 is 0 Å². The third-order valence-electron chi connectivity index (χ3n) is 5.24. The lowest BCUT2D eigenvalue weighted by molar-refractivity contribution is -0.135. The van der Waals surface area contributed by atoms with E-state index in [4.69, 9.17) is 5.73 Å². The zero-order chi connectivity index (χ0) is 27.3. The number of fused-ring (bicyclic) bond motifs is 1. The van der Waals surface area contributed by atoms with Crippen molar-refractivity contribution in [3.8, 4) is 0 Å². The summed E-state index contributed by atoms with van der Waals surface area (Å²) in [7, 11) is 0. The van der Waals surface area contributed by atoms with E-state index in [-0.39, 0.29) is 17.6 Å². The Morgan fingerprint density at radius 1 is 1.08 bits per heavy atom. The van der Waals surface area contributed by atoms with Crippen LogP contribution in [0.15, 0.2) is 54.9 Å². The number of rotatable bonds is 4. The number of hydrogen-bond donors (Lipinski definition) is 3. The first-order valence-corrected chi connectivity index (χ1v) is 12.7. The summed E-state index contributed by atoms with van der Waals surface area (Å²) in [5.41, 5.74) is 8.83. The standard InChI is InChI=1S/C22H22FN5O2.3C2H6/c1-13(27-21(29)15-5-3-7-17(24)11-15)22(30)28-9-8-18-19(26-12-25-18)20(28)14-4-2-6-16(23)10-14;3*1-2/h2-7,10-13,20H,8-9,24H2,1H3,(H,25,26)(H,27,29);3*1-2H3. The van der Waals surface area contributed by atoms with Crippen molar-refractivity contribution < 1.29 is 14.0 Å². The highest BCUT2D eigenvalue weighted by atomic mass is 19.1. The quantitative estimate of drug-likeness (QED) is 0.414. The number of nitrogens with zero attached hydrogens (tertiary/aromatic N) is 2. The van der Waals surface area contributed by atoms with Crippen molar-refractivity contribution in [3.05, 3.63) is 83.2 Å². The topological polar surface area (TPSA) is 104 Å². The normalized spacial score (nSPS) is 14.3. The van der Waals surface area contributed by atoms with E-state index < -0.39 is 12.1 Å². The molecule has 1 aliphatic rings. The van der Waals surface area contributed by atoms with Crippen LogP contribution < -0.4 is 11.1 Å². The second-order valence-corrected chi connectivity index (χ2v) is 7.33. The summed E-state index contributed by atoms with van der Waals surface area (Å²) in [6.07, 6.45) is 2.18. The number of aromatic nitrogens is 2. The minimum atomic E-state index is -0.782. The van der Waals surface area contributed by atoms with Crippen molar-refractivity contribution in [3.63, 3.8) is 0 Å². The molecule has 2 amide bonds. The third-order valence-corrected chi connectivity index (χ3v) is 5.24. The average molecular weight is 498 g/mol. The molecule has 0 bridgehead atoms. The zero-order valence-electron chi connectivity index (χ0n) is 22.4. The summed E-state index contributed by atoms with van der Waals surface area (Å²) in [5, 5.41) is 2.73. The highest BCUT2D eigenvalue weighted by Crippen LogP contribution is 2.34. The van der Waals surface area contributed by atoms with Gasteiger partial charge in [-0.25, -0.2) is 9.37 Å². The van der Waals surface area contributed by atoms with Gasteiger partial charge in [0, 0.05) is 29.9 Å². The number of carbonyl (C=O) groups excluding carboxylic acids is 2. The molecule has 0 saturated carbocycles. The molecule has 2 heterocycles. The third kappa shape index (κ3) is 7.41. The largest absolute Gasteiger partial charge is 0.399 e. The molecule has 8 heteroatoms. The fourth-order valence-corrected chi connectivity index (χ4v) is 3.80. The Labute approximate surface area is 214 Å². The number of halogens is 1. The first-order valence-electron chi connectivity index (χ1n) is 12.7. The second-order valence-electron chi connectivity index (χ2n) is 7.33. The van der Waals surface area contributed by atoms with Crippen molar-refractivity contribution in [2.75, 3.05) is 12.3 Å². The molecule has 2 unspecified atom stereocenters. The number of nitrogens with one attached hydrogen (secondary N) is 2. The van der Waals surface area contributed by atoms with E-state index in [0.717, 1.165) is 5.69 Å². The molecule has 1 aliphatic heterocycles. The molecule has 0 spiro atoms. The lowest BCUT2D eigenvalue weighted by atomic mass is 9.95. The summed E-state index contributed by atoms with van der Waals surface area (Å²) in [4.78, 5) is 34.9. The summed E-state index contributed by atoms with van der Waals surface area (Å²) < 4.78 is 13.9. The Morgan fingerprint density at radius 3 is 2.39 bits per heavy atom. The van der Waals surface area contributed by atoms with Crippen molar-refractivity contribution in [1.82, 2.24) is 20.2 Å². The molecular weight excluding hydrogens is 457 g/mol. The predicted molar refractivity (Wildman–Crippen MR) is 144 cm³/mol. The van der Waals surface area contributed by atoms with E-state index in [2.05, 4.69) is 15.3 Å². The van der Waals surface area contributed by atoms with Crippen LogP contribution in [0.1, 0.15) is 81.8 Å². The van der Waals surface area contributed by atoms with Gasteiger partial charge in [-0.15, -0.1) is 0 Å². The first kappa shape index (κ1) is 30.4. The van der Waals surface area contributed by atoms with Gasteiger partial charge in [0.25, 0.3) is 5.91 Å². The van der Waals surface area contributed by atoms with Crippen LogP contribution in [0.2, 0.25) is 0 Å². The highest BCUT2D eigenvalue weighted by Gasteiger charge is 2.36. The summed E-state index contributed by atoms with van der Waals surface area (Å²) in [6, 6.07) is 11.4. The maximum absolute atomic E-state index is 13.9. The van der Waals surface area contributed by atoms with E-state index in [1.165, 1.54) is 12.1 Å². The van der Waals surface area contributed by atoms with E-state index in [1.54, 1.807) is 54.5 Å². The van der Waals surface area contributed by atoms with E-state index in [1.807, 2.05) is 41.5 Å². The van der Waals surface area contributed by atoms with Gasteiger partial charge in [0.05, 0.1) is 12.0 Å². The molecule has 0 fully saturated rings. The number of benzene rings is 2. The molecule has 4 rings (SSSR count). The number of aromatic amines is 1. The molecule has 196 valence electrons. The molecule has 2 aromatic carbocycles. The molecule has 3 aromatic rings. The maximum atomic E-state index is 13.9. The van der Waals surface area contributed by atoms with Crippen LogP contribution in [0.25, 0.3) is 0 Å². The Balaban J connectivity index is 0.00000101. The Bertz CT molecular complexity index is 1100. The molecule has 2 atom stereocenters. The average Bonchev–Trinajstić information content (AvgIpc) is 3.40. The summed E-state index contributed by atoms with van der Waals surface area (Å²) >= 11 is 0. The van der Waals surface area contributed by atoms with Crippen LogP contribution in [-0.4, -0.2) is 39.3 Å². The lowest BCUT2D eigenvalue weighted by Gasteiger charge is -2.37. The van der Waals surface area contributed by atoms with Crippen molar-refractivity contribution in [2.24, 2.45) is 0 Å². The molecule has 0 radical (unpaired) electrons. The van der Waals surface area contributed by atoms with Gasteiger partial charge in [0.2, 0.25) is 5.91 Å². The number of anilines is 1. The molecule has 36 heavy (non-hydrogen) atoms. The van der Waals surface area contributed by atoms with Gasteiger partial charge in [0.15, 0.2) is 0 Å². The molecule has 0 aliphatic carbocycles. The summed E-state index contributed by atoms with van der Waals surface area (Å²) in [6.45, 7) is 14.1. The second kappa shape index (κ2) is 15.3. The van der Waals surface area contributed by atoms with Gasteiger partial charge in [-0.1, -0.05) is 59.7 Å². The van der Waals surface area contributed by atoms with Crippen LogP contribution in [0.3, 0.4) is 0 Å². The number of nitrogen functional groups attached to an aromatic ring is 1. The van der Waals surface area contributed by atoms with E-state index in [9.17, 15) is 14.0 Å². The smallest absolute Gasteiger partial charge is 0.251 e. The number of nitrogens with two attached hydrogens (primary N) is 1. The van der Waals surface area contributed by atoms with Crippen molar-refractivity contribution in [2.45, 2.75) is 67.0 Å². The predicted octanol–water partition coefficient (Wildman–Crippen LogP) is 5.50. The summed E-state index contributed by atoms with van der Waals surface area (Å²) in [5.74, 6) is -1.04. The monoisotopic (exact) mass is 497 g/mol.